The Balaban J connectivity index is 1.65. The van der Waals surface area contributed by atoms with Crippen molar-refractivity contribution in [3.63, 3.8) is 0 Å². The summed E-state index contributed by atoms with van der Waals surface area (Å²) in [6.45, 7) is 0.381. The first kappa shape index (κ1) is 16.5. The minimum absolute atomic E-state index is 0.0407. The summed E-state index contributed by atoms with van der Waals surface area (Å²) >= 11 is 0. The number of hydrogen-bond donors (Lipinski definition) is 2. The molecule has 4 heteroatoms. The summed E-state index contributed by atoms with van der Waals surface area (Å²) in [5.41, 5.74) is 0.628. The van der Waals surface area contributed by atoms with Gasteiger partial charge in [-0.3, -0.25) is 9.59 Å². The molecule has 1 aliphatic rings. The monoisotopic (exact) mass is 302 g/mol. The van der Waals surface area contributed by atoms with Crippen LogP contribution in [0.15, 0.2) is 30.3 Å². The summed E-state index contributed by atoms with van der Waals surface area (Å²) in [5, 5.41) is 5.90. The van der Waals surface area contributed by atoms with E-state index in [2.05, 4.69) is 10.6 Å². The summed E-state index contributed by atoms with van der Waals surface area (Å²) in [5.74, 6) is -0.0849. The largest absolute Gasteiger partial charge is 0.353 e. The minimum atomic E-state index is -0.126. The van der Waals surface area contributed by atoms with Gasteiger partial charge in [0.15, 0.2) is 0 Å². The highest BCUT2D eigenvalue weighted by atomic mass is 16.2. The third-order valence-corrected chi connectivity index (χ3v) is 4.14. The van der Waals surface area contributed by atoms with Crippen LogP contribution in [0.2, 0.25) is 0 Å². The van der Waals surface area contributed by atoms with E-state index in [1.165, 1.54) is 32.1 Å². The average molecular weight is 302 g/mol. The Morgan fingerprint density at radius 3 is 2.27 bits per heavy atom. The predicted molar refractivity (Wildman–Crippen MR) is 87.6 cm³/mol. The van der Waals surface area contributed by atoms with Crippen molar-refractivity contribution >= 4 is 11.8 Å². The van der Waals surface area contributed by atoms with Crippen molar-refractivity contribution < 1.29 is 9.59 Å². The van der Waals surface area contributed by atoms with E-state index in [4.69, 9.17) is 0 Å². The van der Waals surface area contributed by atoms with Crippen LogP contribution < -0.4 is 10.6 Å². The summed E-state index contributed by atoms with van der Waals surface area (Å²) in [4.78, 5) is 23.8. The molecule has 0 heterocycles. The lowest BCUT2D eigenvalue weighted by atomic mass is 9.96. The molecule has 120 valence electrons. The van der Waals surface area contributed by atoms with Crippen LogP contribution in [-0.4, -0.2) is 24.4 Å². The minimum Gasteiger partial charge on any atom is -0.353 e. The van der Waals surface area contributed by atoms with E-state index in [-0.39, 0.29) is 11.8 Å². The Morgan fingerprint density at radius 1 is 0.955 bits per heavy atom. The summed E-state index contributed by atoms with van der Waals surface area (Å²) in [7, 11) is 0. The fourth-order valence-corrected chi connectivity index (χ4v) is 2.88. The highest BCUT2D eigenvalue weighted by Gasteiger charge is 2.14. The van der Waals surface area contributed by atoms with E-state index >= 15 is 0 Å². The second-order valence-electron chi connectivity index (χ2n) is 5.98. The number of amides is 2. The van der Waals surface area contributed by atoms with Gasteiger partial charge in [-0.1, -0.05) is 50.3 Å². The highest BCUT2D eigenvalue weighted by Crippen LogP contribution is 2.17. The number of benzene rings is 1. The summed E-state index contributed by atoms with van der Waals surface area (Å²) in [6.07, 6.45) is 8.80. The van der Waals surface area contributed by atoms with E-state index in [0.29, 0.717) is 24.6 Å². The summed E-state index contributed by atoms with van der Waals surface area (Å²) in [6, 6.07) is 9.39. The zero-order valence-corrected chi connectivity index (χ0v) is 13.1. The second kappa shape index (κ2) is 9.23. The molecule has 0 aromatic heterocycles. The van der Waals surface area contributed by atoms with Gasteiger partial charge in [-0.2, -0.15) is 0 Å². The van der Waals surface area contributed by atoms with Gasteiger partial charge >= 0.3 is 0 Å². The molecular formula is C18H26N2O2. The lowest BCUT2D eigenvalue weighted by molar-refractivity contribution is -0.121. The van der Waals surface area contributed by atoms with Gasteiger partial charge in [-0.15, -0.1) is 0 Å². The first-order valence-corrected chi connectivity index (χ1v) is 8.38. The Labute approximate surface area is 132 Å². The van der Waals surface area contributed by atoms with Crippen LogP contribution in [0.25, 0.3) is 0 Å². The second-order valence-corrected chi connectivity index (χ2v) is 5.98. The van der Waals surface area contributed by atoms with Crippen LogP contribution in [-0.2, 0) is 4.79 Å². The van der Waals surface area contributed by atoms with E-state index in [9.17, 15) is 9.59 Å². The molecule has 1 fully saturated rings. The third kappa shape index (κ3) is 5.88. The van der Waals surface area contributed by atoms with Gasteiger partial charge in [0.1, 0.15) is 0 Å². The van der Waals surface area contributed by atoms with Gasteiger partial charge in [-0.05, 0) is 25.0 Å². The van der Waals surface area contributed by atoms with Crippen LogP contribution in [0.3, 0.4) is 0 Å². The molecule has 1 aliphatic carbocycles. The Kier molecular flexibility index (Phi) is 6.94. The van der Waals surface area contributed by atoms with E-state index < -0.39 is 0 Å². The molecule has 0 unspecified atom stereocenters. The lowest BCUT2D eigenvalue weighted by Crippen LogP contribution is -2.37. The van der Waals surface area contributed by atoms with Crippen molar-refractivity contribution in [1.82, 2.24) is 10.6 Å². The van der Waals surface area contributed by atoms with Crippen LogP contribution >= 0.6 is 0 Å². The molecule has 0 radical (unpaired) electrons. The molecule has 1 aromatic rings. The van der Waals surface area contributed by atoms with Crippen LogP contribution in [0.1, 0.15) is 61.7 Å². The van der Waals surface area contributed by atoms with Crippen molar-refractivity contribution in [2.24, 2.45) is 0 Å². The molecule has 22 heavy (non-hydrogen) atoms. The molecule has 0 atom stereocenters. The molecular weight excluding hydrogens is 276 g/mol. The van der Waals surface area contributed by atoms with Crippen molar-refractivity contribution in [2.75, 3.05) is 6.54 Å². The Hall–Kier alpha value is -1.84. The zero-order chi connectivity index (χ0) is 15.6. The Bertz CT molecular complexity index is 465. The van der Waals surface area contributed by atoms with Crippen LogP contribution in [0, 0.1) is 0 Å². The molecule has 0 aliphatic heterocycles. The number of carbonyl (C=O) groups excluding carboxylic acids is 2. The van der Waals surface area contributed by atoms with E-state index in [1.54, 1.807) is 12.1 Å². The smallest absolute Gasteiger partial charge is 0.251 e. The van der Waals surface area contributed by atoms with Gasteiger partial charge in [0.05, 0.1) is 0 Å². The molecule has 1 saturated carbocycles. The third-order valence-electron chi connectivity index (χ3n) is 4.14. The first-order chi connectivity index (χ1) is 10.8. The Morgan fingerprint density at radius 2 is 1.59 bits per heavy atom. The van der Waals surface area contributed by atoms with Crippen molar-refractivity contribution in [2.45, 2.75) is 57.4 Å². The fourth-order valence-electron chi connectivity index (χ4n) is 2.88. The van der Waals surface area contributed by atoms with Gasteiger partial charge < -0.3 is 10.6 Å². The lowest BCUT2D eigenvalue weighted by Gasteiger charge is -2.21. The van der Waals surface area contributed by atoms with Gasteiger partial charge in [-0.25, -0.2) is 0 Å². The van der Waals surface area contributed by atoms with Crippen molar-refractivity contribution in [3.8, 4) is 0 Å². The molecule has 2 rings (SSSR count). The maximum Gasteiger partial charge on any atom is 0.251 e. The van der Waals surface area contributed by atoms with E-state index in [0.717, 1.165) is 12.8 Å². The number of nitrogens with one attached hydrogen (secondary N) is 2. The maximum absolute atomic E-state index is 12.0. The normalized spacial score (nSPS) is 16.4. The van der Waals surface area contributed by atoms with Crippen LogP contribution in [0.5, 0.6) is 0 Å². The topological polar surface area (TPSA) is 58.2 Å². The molecule has 1 aromatic carbocycles. The number of hydrogen-bond acceptors (Lipinski definition) is 2. The van der Waals surface area contributed by atoms with E-state index in [1.807, 2.05) is 18.2 Å². The molecule has 2 amide bonds. The van der Waals surface area contributed by atoms with Gasteiger partial charge in [0, 0.05) is 24.6 Å². The molecule has 0 bridgehead atoms. The zero-order valence-electron chi connectivity index (χ0n) is 13.1. The number of rotatable bonds is 5. The predicted octanol–water partition coefficient (Wildman–Crippen LogP) is 3.04. The van der Waals surface area contributed by atoms with Crippen molar-refractivity contribution in [1.29, 1.82) is 0 Å². The van der Waals surface area contributed by atoms with Gasteiger partial charge in [0.25, 0.3) is 5.91 Å². The highest BCUT2D eigenvalue weighted by molar-refractivity contribution is 5.94. The molecule has 0 saturated heterocycles. The molecule has 4 nitrogen and oxygen atoms in total. The first-order valence-electron chi connectivity index (χ1n) is 8.38. The maximum atomic E-state index is 12.0. The quantitative estimate of drug-likeness (QED) is 0.878. The SMILES string of the molecule is O=C(CCNC(=O)c1ccccc1)NC1CCCCCCC1. The van der Waals surface area contributed by atoms with Crippen LogP contribution in [0.4, 0.5) is 0 Å². The number of carbonyl (C=O) groups is 2. The average Bonchev–Trinajstić information content (AvgIpc) is 2.50. The standard InChI is InChI=1S/C18H26N2O2/c21-17(20-16-11-7-2-1-3-8-12-16)13-14-19-18(22)15-9-5-4-6-10-15/h4-6,9-10,16H,1-3,7-8,11-14H2,(H,19,22)(H,20,21). The summed E-state index contributed by atoms with van der Waals surface area (Å²) < 4.78 is 0. The molecule has 0 spiro atoms. The molecule has 2 N–H and O–H groups in total. The fraction of sp³-hybridized carbons (Fsp3) is 0.556. The van der Waals surface area contributed by atoms with Gasteiger partial charge in [0.2, 0.25) is 5.91 Å². The van der Waals surface area contributed by atoms with Crippen molar-refractivity contribution in [3.05, 3.63) is 35.9 Å².